The standard InChI is InChI=1S/C14H16F3N5O3/c1-8-11(21-4-2-18-3-5-21)12-19-9(6-10(23)22(12)20-8)7-25-13(24)14(15,16)17/h6,18-19H,2-5,7H2,1H3. The molecular weight excluding hydrogens is 343 g/mol. The van der Waals surface area contributed by atoms with Gasteiger partial charge < -0.3 is 19.9 Å². The first-order valence-corrected chi connectivity index (χ1v) is 7.58. The van der Waals surface area contributed by atoms with Gasteiger partial charge in [-0.2, -0.15) is 22.8 Å². The highest BCUT2D eigenvalue weighted by Crippen LogP contribution is 2.24. The molecule has 0 bridgehead atoms. The van der Waals surface area contributed by atoms with Gasteiger partial charge in [0.25, 0.3) is 5.56 Å². The van der Waals surface area contributed by atoms with Crippen molar-refractivity contribution >= 4 is 17.3 Å². The molecule has 1 fully saturated rings. The number of alkyl halides is 3. The summed E-state index contributed by atoms with van der Waals surface area (Å²) in [6.07, 6.45) is -5.08. The number of nitrogens with one attached hydrogen (secondary N) is 2. The van der Waals surface area contributed by atoms with Crippen LogP contribution < -0.4 is 15.8 Å². The summed E-state index contributed by atoms with van der Waals surface area (Å²) < 4.78 is 42.0. The molecule has 2 aromatic heterocycles. The maximum atomic E-state index is 12.2. The third kappa shape index (κ3) is 3.45. The minimum atomic E-state index is -5.08. The largest absolute Gasteiger partial charge is 0.490 e. The topological polar surface area (TPSA) is 91.7 Å². The van der Waals surface area contributed by atoms with Crippen LogP contribution in [0.25, 0.3) is 5.65 Å². The molecule has 11 heteroatoms. The van der Waals surface area contributed by atoms with Crippen molar-refractivity contribution < 1.29 is 22.7 Å². The molecule has 3 rings (SSSR count). The molecule has 0 aromatic carbocycles. The number of carbonyl (C=O) groups is 1. The molecule has 136 valence electrons. The number of hydrogen-bond acceptors (Lipinski definition) is 6. The van der Waals surface area contributed by atoms with Gasteiger partial charge in [0.2, 0.25) is 0 Å². The Labute approximate surface area is 139 Å². The fourth-order valence-electron chi connectivity index (χ4n) is 2.76. The molecule has 0 aliphatic carbocycles. The number of esters is 1. The van der Waals surface area contributed by atoms with Crippen molar-refractivity contribution in [2.75, 3.05) is 31.1 Å². The highest BCUT2D eigenvalue weighted by Gasteiger charge is 2.41. The number of ether oxygens (including phenoxy) is 1. The number of hydrogen-bond donors (Lipinski definition) is 2. The fourth-order valence-corrected chi connectivity index (χ4v) is 2.76. The molecule has 8 nitrogen and oxygen atoms in total. The summed E-state index contributed by atoms with van der Waals surface area (Å²) in [5, 5.41) is 7.40. The van der Waals surface area contributed by atoms with Crippen LogP contribution in [0.15, 0.2) is 10.9 Å². The van der Waals surface area contributed by atoms with E-state index in [-0.39, 0.29) is 5.69 Å². The maximum Gasteiger partial charge on any atom is 0.490 e. The molecule has 1 aliphatic heterocycles. The number of rotatable bonds is 3. The summed E-state index contributed by atoms with van der Waals surface area (Å²) in [7, 11) is 0. The Bertz CT molecular complexity index is 852. The molecular formula is C14H16F3N5O3. The van der Waals surface area contributed by atoms with Crippen LogP contribution in [0, 0.1) is 6.92 Å². The Morgan fingerprint density at radius 3 is 2.68 bits per heavy atom. The van der Waals surface area contributed by atoms with Gasteiger partial charge >= 0.3 is 12.1 Å². The number of aromatic nitrogens is 3. The molecule has 2 aromatic rings. The van der Waals surface area contributed by atoms with Gasteiger partial charge in [-0.05, 0) is 6.92 Å². The minimum absolute atomic E-state index is 0.0615. The molecule has 0 radical (unpaired) electrons. The van der Waals surface area contributed by atoms with E-state index in [1.54, 1.807) is 6.92 Å². The highest BCUT2D eigenvalue weighted by molar-refractivity contribution is 5.75. The van der Waals surface area contributed by atoms with E-state index in [1.165, 1.54) is 0 Å². The Morgan fingerprint density at radius 1 is 1.36 bits per heavy atom. The fraction of sp³-hybridized carbons (Fsp3) is 0.500. The molecule has 25 heavy (non-hydrogen) atoms. The summed E-state index contributed by atoms with van der Waals surface area (Å²) in [5.74, 6) is -2.31. The number of fused-ring (bicyclic) bond motifs is 1. The first-order chi connectivity index (χ1) is 11.8. The molecule has 0 atom stereocenters. The van der Waals surface area contributed by atoms with Crippen molar-refractivity contribution in [1.29, 1.82) is 0 Å². The minimum Gasteiger partial charge on any atom is -0.453 e. The molecule has 0 unspecified atom stereocenters. The van der Waals surface area contributed by atoms with Gasteiger partial charge in [0.1, 0.15) is 12.3 Å². The van der Waals surface area contributed by atoms with Crippen molar-refractivity contribution in [3.05, 3.63) is 27.8 Å². The van der Waals surface area contributed by atoms with E-state index in [9.17, 15) is 22.8 Å². The first kappa shape index (κ1) is 17.3. The average Bonchev–Trinajstić information content (AvgIpc) is 2.89. The number of carbonyl (C=O) groups excluding carboxylic acids is 1. The summed E-state index contributed by atoms with van der Waals surface area (Å²) in [4.78, 5) is 27.9. The van der Waals surface area contributed by atoms with Crippen LogP contribution in [0.5, 0.6) is 0 Å². The number of anilines is 1. The second-order valence-electron chi connectivity index (χ2n) is 5.64. The monoisotopic (exact) mass is 359 g/mol. The molecule has 1 aliphatic rings. The van der Waals surface area contributed by atoms with Crippen molar-refractivity contribution in [1.82, 2.24) is 19.9 Å². The van der Waals surface area contributed by atoms with Gasteiger partial charge in [0.15, 0.2) is 5.65 Å². The van der Waals surface area contributed by atoms with E-state index in [1.807, 2.05) is 4.90 Å². The summed E-state index contributed by atoms with van der Waals surface area (Å²) in [6.45, 7) is 4.01. The van der Waals surface area contributed by atoms with Gasteiger partial charge in [-0.1, -0.05) is 0 Å². The van der Waals surface area contributed by atoms with E-state index in [0.717, 1.165) is 23.7 Å². The maximum absolute atomic E-state index is 12.2. The predicted molar refractivity (Wildman–Crippen MR) is 81.5 cm³/mol. The van der Waals surface area contributed by atoms with Gasteiger partial charge in [-0.3, -0.25) is 4.79 Å². The van der Waals surface area contributed by atoms with Gasteiger partial charge in [0.05, 0.1) is 11.4 Å². The van der Waals surface area contributed by atoms with Crippen LogP contribution >= 0.6 is 0 Å². The van der Waals surface area contributed by atoms with E-state index in [2.05, 4.69) is 20.1 Å². The molecule has 0 spiro atoms. The highest BCUT2D eigenvalue weighted by atomic mass is 19.4. The Hall–Kier alpha value is -2.56. The van der Waals surface area contributed by atoms with E-state index >= 15 is 0 Å². The zero-order valence-electron chi connectivity index (χ0n) is 13.3. The summed E-state index contributed by atoms with van der Waals surface area (Å²) >= 11 is 0. The molecule has 0 saturated carbocycles. The van der Waals surface area contributed by atoms with Gasteiger partial charge in [-0.25, -0.2) is 4.79 Å². The molecule has 1 saturated heterocycles. The Kier molecular flexibility index (Phi) is 4.41. The second kappa shape index (κ2) is 6.39. The normalized spacial score (nSPS) is 15.6. The van der Waals surface area contributed by atoms with E-state index < -0.39 is 24.3 Å². The first-order valence-electron chi connectivity index (χ1n) is 7.58. The predicted octanol–water partition coefficient (Wildman–Crippen LogP) is 0.346. The molecule has 3 heterocycles. The second-order valence-corrected chi connectivity index (χ2v) is 5.64. The number of aromatic amines is 1. The van der Waals surface area contributed by atoms with Crippen LogP contribution in [-0.4, -0.2) is 52.9 Å². The van der Waals surface area contributed by atoms with Crippen molar-refractivity contribution in [3.63, 3.8) is 0 Å². The molecule has 2 N–H and O–H groups in total. The number of nitrogens with zero attached hydrogens (tertiary/aromatic N) is 3. The molecule has 0 amide bonds. The van der Waals surface area contributed by atoms with Crippen LogP contribution in [-0.2, 0) is 16.1 Å². The van der Waals surface area contributed by atoms with Crippen LogP contribution in [0.2, 0.25) is 0 Å². The van der Waals surface area contributed by atoms with Crippen LogP contribution in [0.1, 0.15) is 11.4 Å². The average molecular weight is 359 g/mol. The van der Waals surface area contributed by atoms with Crippen molar-refractivity contribution in [2.24, 2.45) is 0 Å². The lowest BCUT2D eigenvalue weighted by Crippen LogP contribution is -2.43. The van der Waals surface area contributed by atoms with Gasteiger partial charge in [-0.15, -0.1) is 0 Å². The number of halogens is 3. The van der Waals surface area contributed by atoms with E-state index in [0.29, 0.717) is 30.1 Å². The van der Waals surface area contributed by atoms with E-state index in [4.69, 9.17) is 0 Å². The Balaban J connectivity index is 1.94. The number of aryl methyl sites for hydroxylation is 1. The lowest BCUT2D eigenvalue weighted by molar-refractivity contribution is -0.201. The summed E-state index contributed by atoms with van der Waals surface area (Å²) in [5.41, 5.74) is 1.25. The number of H-pyrrole nitrogens is 1. The van der Waals surface area contributed by atoms with Crippen molar-refractivity contribution in [3.8, 4) is 0 Å². The third-order valence-corrected chi connectivity index (χ3v) is 3.84. The Morgan fingerprint density at radius 2 is 2.04 bits per heavy atom. The lowest BCUT2D eigenvalue weighted by atomic mass is 10.3. The smallest absolute Gasteiger partial charge is 0.453 e. The lowest BCUT2D eigenvalue weighted by Gasteiger charge is -2.28. The SMILES string of the molecule is Cc1nn2c(=O)cc(COC(=O)C(F)(F)F)[nH]c2c1N1CCNCC1. The van der Waals surface area contributed by atoms with Gasteiger partial charge in [0, 0.05) is 32.2 Å². The summed E-state index contributed by atoms with van der Waals surface area (Å²) in [6, 6.07) is 1.06. The quantitative estimate of drug-likeness (QED) is 0.769. The van der Waals surface area contributed by atoms with Crippen molar-refractivity contribution in [2.45, 2.75) is 19.7 Å². The zero-order valence-corrected chi connectivity index (χ0v) is 13.3. The van der Waals surface area contributed by atoms with Crippen LogP contribution in [0.4, 0.5) is 18.9 Å². The van der Waals surface area contributed by atoms with Crippen LogP contribution in [0.3, 0.4) is 0 Å². The number of piperazine rings is 1. The zero-order chi connectivity index (χ0) is 18.2. The third-order valence-electron chi connectivity index (χ3n) is 3.84.